The molecule has 0 nitrogen and oxygen atoms in total. The zero-order valence-corrected chi connectivity index (χ0v) is 9.09. The van der Waals surface area contributed by atoms with Crippen molar-refractivity contribution in [1.29, 1.82) is 0 Å². The number of hydrogen-bond acceptors (Lipinski definition) is 0. The van der Waals surface area contributed by atoms with Gasteiger partial charge in [0.05, 0.1) is 0 Å². The molecule has 0 radical (unpaired) electrons. The molecule has 2 aliphatic rings. The lowest BCUT2D eigenvalue weighted by atomic mass is 9.85. The normalized spacial score (nSPS) is 28.5. The van der Waals surface area contributed by atoms with Crippen LogP contribution < -0.4 is 0 Å². The van der Waals surface area contributed by atoms with Crippen molar-refractivity contribution in [2.45, 2.75) is 50.9 Å². The molecule has 0 amide bonds. The first-order chi connectivity index (χ1) is 6.77. The standard InChI is InChI=1S/C14H18/c1-9(2)12-4-3-5-13-10-6-7-11(8-10)14(12)13/h3-5,9-11H,6-8H2,1-2H3. The van der Waals surface area contributed by atoms with Gasteiger partial charge in [0.25, 0.3) is 0 Å². The van der Waals surface area contributed by atoms with E-state index in [1.807, 2.05) is 0 Å². The second-order valence-corrected chi connectivity index (χ2v) is 5.21. The highest BCUT2D eigenvalue weighted by molar-refractivity contribution is 5.47. The van der Waals surface area contributed by atoms with Gasteiger partial charge in [0.15, 0.2) is 0 Å². The monoisotopic (exact) mass is 186 g/mol. The molecule has 1 aromatic rings. The molecule has 2 atom stereocenters. The lowest BCUT2D eigenvalue weighted by Gasteiger charge is -2.20. The first-order valence-corrected chi connectivity index (χ1v) is 5.90. The van der Waals surface area contributed by atoms with E-state index in [-0.39, 0.29) is 0 Å². The molecule has 1 saturated carbocycles. The van der Waals surface area contributed by atoms with Crippen LogP contribution in [0.3, 0.4) is 0 Å². The molecule has 3 rings (SSSR count). The topological polar surface area (TPSA) is 0 Å². The smallest absolute Gasteiger partial charge is 0.0150 e. The third-order valence-corrected chi connectivity index (χ3v) is 4.08. The van der Waals surface area contributed by atoms with Crippen LogP contribution in [0.5, 0.6) is 0 Å². The quantitative estimate of drug-likeness (QED) is 0.617. The van der Waals surface area contributed by atoms with Gasteiger partial charge in [-0.05, 0) is 53.7 Å². The fourth-order valence-electron chi connectivity index (χ4n) is 3.46. The average Bonchev–Trinajstić information content (AvgIpc) is 2.77. The second kappa shape index (κ2) is 2.85. The van der Waals surface area contributed by atoms with E-state index < -0.39 is 0 Å². The highest BCUT2D eigenvalue weighted by Crippen LogP contribution is 2.54. The van der Waals surface area contributed by atoms with Crippen LogP contribution in [-0.4, -0.2) is 0 Å². The summed E-state index contributed by atoms with van der Waals surface area (Å²) in [7, 11) is 0. The fourth-order valence-corrected chi connectivity index (χ4v) is 3.46. The Balaban J connectivity index is 2.18. The van der Waals surface area contributed by atoms with Crippen LogP contribution in [0, 0.1) is 0 Å². The van der Waals surface area contributed by atoms with Crippen molar-refractivity contribution >= 4 is 0 Å². The zero-order valence-electron chi connectivity index (χ0n) is 9.09. The first-order valence-electron chi connectivity index (χ1n) is 5.90. The van der Waals surface area contributed by atoms with E-state index in [2.05, 4.69) is 32.0 Å². The second-order valence-electron chi connectivity index (χ2n) is 5.21. The van der Waals surface area contributed by atoms with Crippen molar-refractivity contribution in [3.8, 4) is 0 Å². The van der Waals surface area contributed by atoms with Crippen molar-refractivity contribution < 1.29 is 0 Å². The van der Waals surface area contributed by atoms with E-state index in [0.29, 0.717) is 5.92 Å². The first kappa shape index (κ1) is 8.52. The maximum absolute atomic E-state index is 2.37. The lowest BCUT2D eigenvalue weighted by molar-refractivity contribution is 0.698. The van der Waals surface area contributed by atoms with E-state index in [4.69, 9.17) is 0 Å². The van der Waals surface area contributed by atoms with E-state index in [1.165, 1.54) is 19.3 Å². The molecule has 0 heterocycles. The summed E-state index contributed by atoms with van der Waals surface area (Å²) in [6.45, 7) is 4.64. The van der Waals surface area contributed by atoms with E-state index in [0.717, 1.165) is 11.8 Å². The predicted molar refractivity (Wildman–Crippen MR) is 59.9 cm³/mol. The Morgan fingerprint density at radius 2 is 1.93 bits per heavy atom. The molecule has 0 saturated heterocycles. The highest BCUT2D eigenvalue weighted by atomic mass is 14.4. The summed E-state index contributed by atoms with van der Waals surface area (Å²) in [6, 6.07) is 6.96. The number of hydrogen-bond donors (Lipinski definition) is 0. The Morgan fingerprint density at radius 1 is 1.14 bits per heavy atom. The van der Waals surface area contributed by atoms with Gasteiger partial charge in [-0.3, -0.25) is 0 Å². The number of fused-ring (bicyclic) bond motifs is 5. The Kier molecular flexibility index (Phi) is 1.74. The molecule has 0 N–H and O–H groups in total. The van der Waals surface area contributed by atoms with Crippen LogP contribution in [0.1, 0.15) is 67.6 Å². The minimum atomic E-state index is 0.698. The Morgan fingerprint density at radius 3 is 2.71 bits per heavy atom. The molecule has 0 spiro atoms. The van der Waals surface area contributed by atoms with E-state index in [9.17, 15) is 0 Å². The summed E-state index contributed by atoms with van der Waals surface area (Å²) in [5.74, 6) is 2.52. The maximum Gasteiger partial charge on any atom is -0.0150 e. The van der Waals surface area contributed by atoms with Crippen molar-refractivity contribution in [3.05, 3.63) is 34.9 Å². The van der Waals surface area contributed by atoms with E-state index in [1.54, 1.807) is 16.7 Å². The summed E-state index contributed by atoms with van der Waals surface area (Å²) in [5.41, 5.74) is 5.04. The molecule has 1 fully saturated rings. The van der Waals surface area contributed by atoms with Gasteiger partial charge < -0.3 is 0 Å². The van der Waals surface area contributed by atoms with Crippen molar-refractivity contribution in [1.82, 2.24) is 0 Å². The van der Waals surface area contributed by atoms with Gasteiger partial charge >= 0.3 is 0 Å². The molecular weight excluding hydrogens is 168 g/mol. The van der Waals surface area contributed by atoms with Crippen LogP contribution in [0.15, 0.2) is 18.2 Å². The van der Waals surface area contributed by atoms with Crippen molar-refractivity contribution in [2.75, 3.05) is 0 Å². The molecule has 0 aliphatic heterocycles. The van der Waals surface area contributed by atoms with E-state index >= 15 is 0 Å². The molecule has 2 bridgehead atoms. The van der Waals surface area contributed by atoms with Gasteiger partial charge in [-0.25, -0.2) is 0 Å². The molecule has 14 heavy (non-hydrogen) atoms. The van der Waals surface area contributed by atoms with Gasteiger partial charge in [0, 0.05) is 0 Å². The minimum absolute atomic E-state index is 0.698. The van der Waals surface area contributed by atoms with Gasteiger partial charge in [-0.2, -0.15) is 0 Å². The van der Waals surface area contributed by atoms with Crippen LogP contribution >= 0.6 is 0 Å². The van der Waals surface area contributed by atoms with Crippen LogP contribution in [0.4, 0.5) is 0 Å². The predicted octanol–water partition coefficient (Wildman–Crippen LogP) is 4.17. The molecule has 0 aromatic heterocycles. The summed E-state index contributed by atoms with van der Waals surface area (Å²) in [4.78, 5) is 0. The third kappa shape index (κ3) is 1.00. The molecule has 74 valence electrons. The minimum Gasteiger partial charge on any atom is -0.0617 e. The summed E-state index contributed by atoms with van der Waals surface area (Å²) in [6.07, 6.45) is 4.33. The molecule has 2 aliphatic carbocycles. The molecule has 2 unspecified atom stereocenters. The van der Waals surface area contributed by atoms with Crippen molar-refractivity contribution in [3.63, 3.8) is 0 Å². The van der Waals surface area contributed by atoms with Crippen LogP contribution in [-0.2, 0) is 0 Å². The largest absolute Gasteiger partial charge is 0.0617 e. The maximum atomic E-state index is 2.37. The SMILES string of the molecule is CC(C)c1cccc2c1C1CCC2C1. The third-order valence-electron chi connectivity index (χ3n) is 4.08. The van der Waals surface area contributed by atoms with Crippen LogP contribution in [0.2, 0.25) is 0 Å². The highest BCUT2D eigenvalue weighted by Gasteiger charge is 2.38. The molecule has 0 heteroatoms. The molecular formula is C14H18. The Bertz CT molecular complexity index is 362. The van der Waals surface area contributed by atoms with Crippen molar-refractivity contribution in [2.24, 2.45) is 0 Å². The van der Waals surface area contributed by atoms with Gasteiger partial charge in [0.2, 0.25) is 0 Å². The van der Waals surface area contributed by atoms with Gasteiger partial charge in [-0.1, -0.05) is 32.0 Å². The average molecular weight is 186 g/mol. The Labute approximate surface area is 86.3 Å². The lowest BCUT2D eigenvalue weighted by Crippen LogP contribution is -2.03. The summed E-state index contributed by atoms with van der Waals surface area (Å²) >= 11 is 0. The van der Waals surface area contributed by atoms with Crippen LogP contribution in [0.25, 0.3) is 0 Å². The summed E-state index contributed by atoms with van der Waals surface area (Å²) in [5, 5.41) is 0. The Hall–Kier alpha value is -0.780. The molecule has 1 aromatic carbocycles. The zero-order chi connectivity index (χ0) is 9.71. The number of rotatable bonds is 1. The fraction of sp³-hybridized carbons (Fsp3) is 0.571. The van der Waals surface area contributed by atoms with Gasteiger partial charge in [0.1, 0.15) is 0 Å². The number of benzene rings is 1. The summed E-state index contributed by atoms with van der Waals surface area (Å²) < 4.78 is 0. The van der Waals surface area contributed by atoms with Gasteiger partial charge in [-0.15, -0.1) is 0 Å².